The quantitative estimate of drug-likeness (QED) is 0.922. The Bertz CT molecular complexity index is 677. The molecule has 0 aromatic carbocycles. The molecule has 0 bridgehead atoms. The van der Waals surface area contributed by atoms with Gasteiger partial charge in [0.25, 0.3) is 0 Å². The zero-order valence-electron chi connectivity index (χ0n) is 11.2. The lowest BCUT2D eigenvalue weighted by molar-refractivity contribution is 0.0695. The van der Waals surface area contributed by atoms with Gasteiger partial charge in [0.15, 0.2) is 5.82 Å². The first-order chi connectivity index (χ1) is 8.82. The summed E-state index contributed by atoms with van der Waals surface area (Å²) in [4.78, 5) is 15.8. The van der Waals surface area contributed by atoms with Crippen molar-refractivity contribution in [1.82, 2.24) is 14.8 Å². The molecule has 0 aliphatic rings. The van der Waals surface area contributed by atoms with Gasteiger partial charge < -0.3 is 5.11 Å². The highest BCUT2D eigenvalue weighted by atomic mass is 79.9. The summed E-state index contributed by atoms with van der Waals surface area (Å²) in [6, 6.07) is 1.76. The molecular weight excluding hydrogens is 310 g/mol. The van der Waals surface area contributed by atoms with Crippen molar-refractivity contribution in [2.24, 2.45) is 0 Å². The lowest BCUT2D eigenvalue weighted by Crippen LogP contribution is -2.13. The molecule has 1 N–H and O–H groups in total. The first kappa shape index (κ1) is 13.7. The monoisotopic (exact) mass is 323 g/mol. The first-order valence-electron chi connectivity index (χ1n) is 5.76. The van der Waals surface area contributed by atoms with Crippen molar-refractivity contribution < 1.29 is 9.90 Å². The van der Waals surface area contributed by atoms with Gasteiger partial charge in [0.1, 0.15) is 5.56 Å². The van der Waals surface area contributed by atoms with E-state index in [4.69, 9.17) is 0 Å². The summed E-state index contributed by atoms with van der Waals surface area (Å²) in [5, 5.41) is 13.7. The number of hydrogen-bond acceptors (Lipinski definition) is 3. The van der Waals surface area contributed by atoms with Crippen LogP contribution in [0.2, 0.25) is 0 Å². The second-order valence-corrected chi connectivity index (χ2v) is 5.27. The normalized spacial score (nSPS) is 10.8. The van der Waals surface area contributed by atoms with Crippen LogP contribution in [0.3, 0.4) is 0 Å². The number of carboxylic acid groups (broad SMARTS) is 1. The van der Waals surface area contributed by atoms with Crippen LogP contribution < -0.4 is 0 Å². The standard InChI is InChI=1S/C13H14BrN3O2/c1-6-5-7(2)15-12(10(6)13(18)19)17-9(4)11(14)8(3)16-17/h5H,1-4H3,(H,18,19). The summed E-state index contributed by atoms with van der Waals surface area (Å²) >= 11 is 3.44. The van der Waals surface area contributed by atoms with Crippen molar-refractivity contribution >= 4 is 21.9 Å². The molecule has 0 saturated carbocycles. The molecule has 6 heteroatoms. The van der Waals surface area contributed by atoms with Crippen molar-refractivity contribution in [1.29, 1.82) is 0 Å². The Balaban J connectivity index is 2.81. The molecule has 2 aromatic heterocycles. The maximum Gasteiger partial charge on any atom is 0.339 e. The topological polar surface area (TPSA) is 68.0 Å². The fourth-order valence-corrected chi connectivity index (χ4v) is 2.31. The van der Waals surface area contributed by atoms with E-state index in [0.29, 0.717) is 11.4 Å². The molecule has 0 amide bonds. The SMILES string of the molecule is Cc1cc(C)c(C(=O)O)c(-n2nc(C)c(Br)c2C)n1. The Kier molecular flexibility index (Phi) is 3.45. The van der Waals surface area contributed by atoms with Gasteiger partial charge in [-0.05, 0) is 55.3 Å². The van der Waals surface area contributed by atoms with E-state index in [1.807, 2.05) is 20.8 Å². The van der Waals surface area contributed by atoms with Crippen LogP contribution in [0.1, 0.15) is 33.0 Å². The Hall–Kier alpha value is -1.69. The van der Waals surface area contributed by atoms with E-state index in [9.17, 15) is 9.90 Å². The average molecular weight is 324 g/mol. The van der Waals surface area contributed by atoms with Crippen LogP contribution in [0.4, 0.5) is 0 Å². The van der Waals surface area contributed by atoms with Gasteiger partial charge in [0.05, 0.1) is 15.9 Å². The Labute approximate surface area is 119 Å². The summed E-state index contributed by atoms with van der Waals surface area (Å²) in [6.07, 6.45) is 0. The number of rotatable bonds is 2. The number of nitrogens with zero attached hydrogens (tertiary/aromatic N) is 3. The summed E-state index contributed by atoms with van der Waals surface area (Å²) in [6.45, 7) is 7.33. The fraction of sp³-hybridized carbons (Fsp3) is 0.308. The number of halogens is 1. The zero-order valence-corrected chi connectivity index (χ0v) is 12.7. The number of carboxylic acids is 1. The molecule has 0 atom stereocenters. The van der Waals surface area contributed by atoms with E-state index in [-0.39, 0.29) is 5.56 Å². The molecule has 0 fully saturated rings. The van der Waals surface area contributed by atoms with Crippen molar-refractivity contribution in [2.75, 3.05) is 0 Å². The van der Waals surface area contributed by atoms with E-state index in [1.54, 1.807) is 17.7 Å². The third kappa shape index (κ3) is 2.28. The van der Waals surface area contributed by atoms with Crippen LogP contribution in [0.15, 0.2) is 10.5 Å². The van der Waals surface area contributed by atoms with Crippen LogP contribution in [-0.4, -0.2) is 25.8 Å². The first-order valence-corrected chi connectivity index (χ1v) is 6.56. The van der Waals surface area contributed by atoms with E-state index in [2.05, 4.69) is 26.0 Å². The smallest absolute Gasteiger partial charge is 0.339 e. The predicted octanol–water partition coefficient (Wildman–Crippen LogP) is 2.96. The van der Waals surface area contributed by atoms with Gasteiger partial charge in [-0.1, -0.05) is 0 Å². The summed E-state index contributed by atoms with van der Waals surface area (Å²) < 4.78 is 2.44. The van der Waals surface area contributed by atoms with Gasteiger partial charge in [-0.3, -0.25) is 0 Å². The van der Waals surface area contributed by atoms with E-state index >= 15 is 0 Å². The van der Waals surface area contributed by atoms with Gasteiger partial charge in [0.2, 0.25) is 0 Å². The highest BCUT2D eigenvalue weighted by molar-refractivity contribution is 9.10. The average Bonchev–Trinajstić information content (AvgIpc) is 2.55. The molecule has 0 spiro atoms. The minimum absolute atomic E-state index is 0.184. The Morgan fingerprint density at radius 2 is 1.95 bits per heavy atom. The van der Waals surface area contributed by atoms with Crippen molar-refractivity contribution in [3.05, 3.63) is 38.7 Å². The van der Waals surface area contributed by atoms with E-state index in [0.717, 1.165) is 21.6 Å². The number of aryl methyl sites for hydroxylation is 3. The summed E-state index contributed by atoms with van der Waals surface area (Å²) in [5.74, 6) is -0.639. The maximum atomic E-state index is 11.4. The second kappa shape index (κ2) is 4.77. The minimum atomic E-state index is -0.997. The molecule has 19 heavy (non-hydrogen) atoms. The highest BCUT2D eigenvalue weighted by Crippen LogP contribution is 2.25. The van der Waals surface area contributed by atoms with Gasteiger partial charge >= 0.3 is 5.97 Å². The molecule has 2 rings (SSSR count). The Morgan fingerprint density at radius 3 is 2.42 bits per heavy atom. The highest BCUT2D eigenvalue weighted by Gasteiger charge is 2.20. The minimum Gasteiger partial charge on any atom is -0.478 e. The molecular formula is C13H14BrN3O2. The predicted molar refractivity (Wildman–Crippen MR) is 75.0 cm³/mol. The van der Waals surface area contributed by atoms with Gasteiger partial charge in [-0.15, -0.1) is 0 Å². The van der Waals surface area contributed by atoms with Crippen LogP contribution in [-0.2, 0) is 0 Å². The molecule has 2 heterocycles. The molecule has 0 aliphatic heterocycles. The number of aromatic nitrogens is 3. The van der Waals surface area contributed by atoms with Crippen LogP contribution >= 0.6 is 15.9 Å². The van der Waals surface area contributed by atoms with E-state index in [1.165, 1.54) is 0 Å². The molecule has 0 unspecified atom stereocenters. The van der Waals surface area contributed by atoms with Gasteiger partial charge in [-0.25, -0.2) is 14.5 Å². The van der Waals surface area contributed by atoms with Crippen LogP contribution in [0.25, 0.3) is 5.82 Å². The van der Waals surface area contributed by atoms with Gasteiger partial charge in [-0.2, -0.15) is 5.10 Å². The lowest BCUT2D eigenvalue weighted by atomic mass is 10.1. The van der Waals surface area contributed by atoms with Crippen LogP contribution in [0, 0.1) is 27.7 Å². The zero-order chi connectivity index (χ0) is 14.3. The molecule has 0 radical (unpaired) electrons. The Morgan fingerprint density at radius 1 is 1.32 bits per heavy atom. The van der Waals surface area contributed by atoms with Crippen molar-refractivity contribution in [3.63, 3.8) is 0 Å². The van der Waals surface area contributed by atoms with Crippen molar-refractivity contribution in [3.8, 4) is 5.82 Å². The largest absolute Gasteiger partial charge is 0.478 e. The summed E-state index contributed by atoms with van der Waals surface area (Å²) in [5.41, 5.74) is 3.26. The maximum absolute atomic E-state index is 11.4. The third-order valence-corrected chi connectivity index (χ3v) is 4.09. The molecule has 0 aliphatic carbocycles. The fourth-order valence-electron chi connectivity index (χ4n) is 2.06. The van der Waals surface area contributed by atoms with Crippen molar-refractivity contribution in [2.45, 2.75) is 27.7 Å². The number of pyridine rings is 1. The number of carbonyl (C=O) groups is 1. The molecule has 2 aromatic rings. The third-order valence-electron chi connectivity index (χ3n) is 2.94. The van der Waals surface area contributed by atoms with E-state index < -0.39 is 5.97 Å². The van der Waals surface area contributed by atoms with Gasteiger partial charge in [0, 0.05) is 5.69 Å². The second-order valence-electron chi connectivity index (χ2n) is 4.48. The van der Waals surface area contributed by atoms with Crippen LogP contribution in [0.5, 0.6) is 0 Å². The lowest BCUT2D eigenvalue weighted by Gasteiger charge is -2.11. The number of hydrogen-bond donors (Lipinski definition) is 1. The molecule has 5 nitrogen and oxygen atoms in total. The summed E-state index contributed by atoms with van der Waals surface area (Å²) in [7, 11) is 0. The molecule has 0 saturated heterocycles. The molecule has 100 valence electrons. The number of aromatic carboxylic acids is 1.